The molecular formula is C16H19NO3. The maximum absolute atomic E-state index is 11.9. The molecule has 0 spiro atoms. The van der Waals surface area contributed by atoms with Crippen molar-refractivity contribution in [3.8, 4) is 12.3 Å². The lowest BCUT2D eigenvalue weighted by Crippen LogP contribution is -2.39. The summed E-state index contributed by atoms with van der Waals surface area (Å²) < 4.78 is 0. The molecule has 1 atom stereocenters. The van der Waals surface area contributed by atoms with Gasteiger partial charge < -0.3 is 10.4 Å². The molecular weight excluding hydrogens is 254 g/mol. The molecule has 4 nitrogen and oxygen atoms in total. The molecule has 2 N–H and O–H groups in total. The average Bonchev–Trinajstić information content (AvgIpc) is 2.44. The quantitative estimate of drug-likeness (QED) is 0.589. The highest BCUT2D eigenvalue weighted by atomic mass is 16.4. The summed E-state index contributed by atoms with van der Waals surface area (Å²) in [5.74, 6) is 1.20. The van der Waals surface area contributed by atoms with Crippen LogP contribution < -0.4 is 5.32 Å². The van der Waals surface area contributed by atoms with E-state index in [-0.39, 0.29) is 12.3 Å². The smallest absolute Gasteiger partial charge is 0.314 e. The molecule has 4 heteroatoms. The van der Waals surface area contributed by atoms with E-state index in [0.717, 1.165) is 0 Å². The van der Waals surface area contributed by atoms with Gasteiger partial charge in [-0.05, 0) is 18.9 Å². The van der Waals surface area contributed by atoms with Crippen LogP contribution in [0.15, 0.2) is 30.3 Å². The Kier molecular flexibility index (Phi) is 5.79. The Morgan fingerprint density at radius 1 is 1.35 bits per heavy atom. The number of unbranched alkanes of at least 4 members (excludes halogenated alkanes) is 1. The number of terminal acetylenes is 1. The summed E-state index contributed by atoms with van der Waals surface area (Å²) in [4.78, 5) is 23.4. The Labute approximate surface area is 119 Å². The van der Waals surface area contributed by atoms with E-state index in [0.29, 0.717) is 24.9 Å². The molecule has 0 heterocycles. The molecule has 1 rings (SSSR count). The Morgan fingerprint density at radius 2 is 2.00 bits per heavy atom. The van der Waals surface area contributed by atoms with Crippen LogP contribution in [-0.2, 0) is 15.0 Å². The largest absolute Gasteiger partial charge is 0.481 e. The van der Waals surface area contributed by atoms with Crippen LogP contribution in [0.4, 0.5) is 0 Å². The number of carboxylic acids is 1. The predicted molar refractivity (Wildman–Crippen MR) is 77.1 cm³/mol. The molecule has 0 aliphatic carbocycles. The van der Waals surface area contributed by atoms with E-state index in [1.54, 1.807) is 31.2 Å². The van der Waals surface area contributed by atoms with E-state index in [1.807, 2.05) is 6.07 Å². The summed E-state index contributed by atoms with van der Waals surface area (Å²) in [7, 11) is 0. The molecule has 106 valence electrons. The third-order valence-corrected chi connectivity index (χ3v) is 3.22. The monoisotopic (exact) mass is 273 g/mol. The van der Waals surface area contributed by atoms with E-state index >= 15 is 0 Å². The van der Waals surface area contributed by atoms with Crippen LogP contribution >= 0.6 is 0 Å². The fraction of sp³-hybridized carbons (Fsp3) is 0.375. The Balaban J connectivity index is 2.71. The first-order chi connectivity index (χ1) is 9.50. The SMILES string of the molecule is C#CCCCNC(=O)CC(C)(C(=O)O)c1ccccc1. The number of carbonyl (C=O) groups is 2. The molecule has 1 amide bonds. The summed E-state index contributed by atoms with van der Waals surface area (Å²) in [6.45, 7) is 2.03. The molecule has 0 saturated carbocycles. The van der Waals surface area contributed by atoms with Gasteiger partial charge >= 0.3 is 5.97 Å². The number of carboxylic acid groups (broad SMARTS) is 1. The van der Waals surface area contributed by atoms with Crippen molar-refractivity contribution in [2.45, 2.75) is 31.6 Å². The minimum atomic E-state index is -1.22. The highest BCUT2D eigenvalue weighted by Crippen LogP contribution is 2.27. The average molecular weight is 273 g/mol. The fourth-order valence-electron chi connectivity index (χ4n) is 1.91. The number of carbonyl (C=O) groups excluding carboxylic acids is 1. The van der Waals surface area contributed by atoms with E-state index in [9.17, 15) is 14.7 Å². The van der Waals surface area contributed by atoms with Gasteiger partial charge in [-0.2, -0.15) is 0 Å². The van der Waals surface area contributed by atoms with Gasteiger partial charge in [-0.1, -0.05) is 30.3 Å². The first kappa shape index (κ1) is 15.8. The van der Waals surface area contributed by atoms with Crippen molar-refractivity contribution >= 4 is 11.9 Å². The van der Waals surface area contributed by atoms with Crippen molar-refractivity contribution in [1.82, 2.24) is 5.32 Å². The van der Waals surface area contributed by atoms with Gasteiger partial charge in [0.25, 0.3) is 0 Å². The number of nitrogens with one attached hydrogen (secondary N) is 1. The maximum Gasteiger partial charge on any atom is 0.314 e. The second kappa shape index (κ2) is 7.34. The van der Waals surface area contributed by atoms with Crippen molar-refractivity contribution < 1.29 is 14.7 Å². The normalized spacial score (nSPS) is 13.0. The van der Waals surface area contributed by atoms with E-state index < -0.39 is 11.4 Å². The van der Waals surface area contributed by atoms with Gasteiger partial charge in [-0.25, -0.2) is 0 Å². The maximum atomic E-state index is 11.9. The van der Waals surface area contributed by atoms with Crippen molar-refractivity contribution in [3.63, 3.8) is 0 Å². The summed E-state index contributed by atoms with van der Waals surface area (Å²) >= 11 is 0. The first-order valence-corrected chi connectivity index (χ1v) is 6.50. The van der Waals surface area contributed by atoms with Crippen LogP contribution in [0.2, 0.25) is 0 Å². The van der Waals surface area contributed by atoms with E-state index in [4.69, 9.17) is 6.42 Å². The molecule has 0 bridgehead atoms. The molecule has 0 aliphatic heterocycles. The van der Waals surface area contributed by atoms with Crippen molar-refractivity contribution in [1.29, 1.82) is 0 Å². The number of rotatable bonds is 7. The van der Waals surface area contributed by atoms with E-state index in [1.165, 1.54) is 0 Å². The van der Waals surface area contributed by atoms with Gasteiger partial charge in [-0.3, -0.25) is 9.59 Å². The van der Waals surface area contributed by atoms with Crippen LogP contribution in [-0.4, -0.2) is 23.5 Å². The Hall–Kier alpha value is -2.28. The second-order valence-corrected chi connectivity index (χ2v) is 4.84. The molecule has 0 aliphatic rings. The van der Waals surface area contributed by atoms with Gasteiger partial charge in [0, 0.05) is 19.4 Å². The third kappa shape index (κ3) is 4.13. The molecule has 1 unspecified atom stereocenters. The number of amides is 1. The molecule has 20 heavy (non-hydrogen) atoms. The standard InChI is InChI=1S/C16H19NO3/c1-3-4-8-11-17-14(18)12-16(2,15(19)20)13-9-6-5-7-10-13/h1,5-7,9-10H,4,8,11-12H2,2H3,(H,17,18)(H,19,20). The lowest BCUT2D eigenvalue weighted by Gasteiger charge is -2.24. The zero-order chi connectivity index (χ0) is 15.0. The summed E-state index contributed by atoms with van der Waals surface area (Å²) in [5.41, 5.74) is -0.608. The van der Waals surface area contributed by atoms with Gasteiger partial charge in [0.05, 0.1) is 5.41 Å². The summed E-state index contributed by atoms with van der Waals surface area (Å²) in [6, 6.07) is 8.79. The van der Waals surface area contributed by atoms with Gasteiger partial charge in [0.1, 0.15) is 0 Å². The Morgan fingerprint density at radius 3 is 2.55 bits per heavy atom. The fourth-order valence-corrected chi connectivity index (χ4v) is 1.91. The topological polar surface area (TPSA) is 66.4 Å². The number of hydrogen-bond donors (Lipinski definition) is 2. The summed E-state index contributed by atoms with van der Waals surface area (Å²) in [6.07, 6.45) is 6.31. The van der Waals surface area contributed by atoms with E-state index in [2.05, 4.69) is 11.2 Å². The lowest BCUT2D eigenvalue weighted by atomic mass is 9.79. The molecule has 0 aromatic heterocycles. The minimum absolute atomic E-state index is 0.0948. The van der Waals surface area contributed by atoms with Gasteiger partial charge in [0.2, 0.25) is 5.91 Å². The van der Waals surface area contributed by atoms with Crippen LogP contribution in [0.3, 0.4) is 0 Å². The van der Waals surface area contributed by atoms with Crippen LogP contribution in [0.5, 0.6) is 0 Å². The second-order valence-electron chi connectivity index (χ2n) is 4.84. The molecule has 1 aromatic carbocycles. The molecule has 0 fully saturated rings. The number of benzene rings is 1. The van der Waals surface area contributed by atoms with Crippen LogP contribution in [0.1, 0.15) is 31.7 Å². The highest BCUT2D eigenvalue weighted by molar-refractivity contribution is 5.89. The first-order valence-electron chi connectivity index (χ1n) is 6.50. The zero-order valence-electron chi connectivity index (χ0n) is 11.6. The third-order valence-electron chi connectivity index (χ3n) is 3.22. The van der Waals surface area contributed by atoms with Gasteiger partial charge in [-0.15, -0.1) is 12.3 Å². The predicted octanol–water partition coefficient (Wildman–Crippen LogP) is 1.95. The molecule has 0 radical (unpaired) electrons. The van der Waals surface area contributed by atoms with Crippen molar-refractivity contribution in [3.05, 3.63) is 35.9 Å². The van der Waals surface area contributed by atoms with Crippen molar-refractivity contribution in [2.24, 2.45) is 0 Å². The minimum Gasteiger partial charge on any atom is -0.481 e. The van der Waals surface area contributed by atoms with Gasteiger partial charge in [0.15, 0.2) is 0 Å². The van der Waals surface area contributed by atoms with Crippen LogP contribution in [0, 0.1) is 12.3 Å². The summed E-state index contributed by atoms with van der Waals surface area (Å²) in [5, 5.41) is 12.1. The van der Waals surface area contributed by atoms with Crippen LogP contribution in [0.25, 0.3) is 0 Å². The molecule has 1 aromatic rings. The van der Waals surface area contributed by atoms with Crippen molar-refractivity contribution in [2.75, 3.05) is 6.54 Å². The Bertz CT molecular complexity index is 504. The zero-order valence-corrected chi connectivity index (χ0v) is 11.6. The molecule has 0 saturated heterocycles. The number of hydrogen-bond acceptors (Lipinski definition) is 2. The lowest BCUT2D eigenvalue weighted by molar-refractivity contribution is -0.145. The number of aliphatic carboxylic acids is 1. The highest BCUT2D eigenvalue weighted by Gasteiger charge is 2.37.